The summed E-state index contributed by atoms with van der Waals surface area (Å²) < 4.78 is 2.14. The van der Waals surface area contributed by atoms with Crippen molar-refractivity contribution in [2.24, 2.45) is 0 Å². The van der Waals surface area contributed by atoms with Gasteiger partial charge in [-0.3, -0.25) is 0 Å². The Labute approximate surface area is 121 Å². The highest BCUT2D eigenvalue weighted by Gasteiger charge is 2.18. The number of nitrogens with zero attached hydrogens (tertiary/aromatic N) is 2. The summed E-state index contributed by atoms with van der Waals surface area (Å²) in [5.41, 5.74) is 2.56. The van der Waals surface area contributed by atoms with Crippen LogP contribution in [0.25, 0.3) is 0 Å². The second-order valence-electron chi connectivity index (χ2n) is 5.72. The lowest BCUT2D eigenvalue weighted by atomic mass is 9.83. The third-order valence-corrected chi connectivity index (χ3v) is 3.92. The lowest BCUT2D eigenvalue weighted by Crippen LogP contribution is -2.31. The molecule has 0 spiro atoms. The molecule has 0 aliphatic rings. The van der Waals surface area contributed by atoms with Crippen LogP contribution in [0.15, 0.2) is 42.9 Å². The van der Waals surface area contributed by atoms with E-state index in [1.165, 1.54) is 5.56 Å². The SMILES string of the molecule is CC[n+]1cccc(Nc2cc(C(C)(C)CC)ccn2)c1. The summed E-state index contributed by atoms with van der Waals surface area (Å²) in [6.07, 6.45) is 7.15. The first-order valence-corrected chi connectivity index (χ1v) is 7.28. The topological polar surface area (TPSA) is 28.8 Å². The summed E-state index contributed by atoms with van der Waals surface area (Å²) in [7, 11) is 0. The average molecular weight is 270 g/mol. The summed E-state index contributed by atoms with van der Waals surface area (Å²) in [5.74, 6) is 0.901. The van der Waals surface area contributed by atoms with Gasteiger partial charge in [0.25, 0.3) is 0 Å². The van der Waals surface area contributed by atoms with Crippen LogP contribution in [0.3, 0.4) is 0 Å². The minimum absolute atomic E-state index is 0.180. The van der Waals surface area contributed by atoms with E-state index in [1.807, 2.05) is 12.3 Å². The van der Waals surface area contributed by atoms with E-state index < -0.39 is 0 Å². The van der Waals surface area contributed by atoms with Crippen LogP contribution in [0.2, 0.25) is 0 Å². The summed E-state index contributed by atoms with van der Waals surface area (Å²) >= 11 is 0. The quantitative estimate of drug-likeness (QED) is 0.837. The van der Waals surface area contributed by atoms with Crippen molar-refractivity contribution in [2.45, 2.75) is 46.1 Å². The lowest BCUT2D eigenvalue weighted by Gasteiger charge is -2.23. The Morgan fingerprint density at radius 1 is 1.25 bits per heavy atom. The number of hydrogen-bond acceptors (Lipinski definition) is 2. The van der Waals surface area contributed by atoms with Crippen molar-refractivity contribution in [3.05, 3.63) is 48.4 Å². The van der Waals surface area contributed by atoms with Gasteiger partial charge in [0, 0.05) is 12.3 Å². The van der Waals surface area contributed by atoms with Crippen molar-refractivity contribution in [3.8, 4) is 0 Å². The number of nitrogens with one attached hydrogen (secondary N) is 1. The highest BCUT2D eigenvalue weighted by Crippen LogP contribution is 2.28. The van der Waals surface area contributed by atoms with Gasteiger partial charge in [-0.25, -0.2) is 9.55 Å². The number of aryl methyl sites for hydroxylation is 1. The summed E-state index contributed by atoms with van der Waals surface area (Å²) in [4.78, 5) is 4.42. The van der Waals surface area contributed by atoms with Crippen LogP contribution in [0.1, 0.15) is 39.7 Å². The zero-order valence-corrected chi connectivity index (χ0v) is 12.9. The zero-order chi connectivity index (χ0) is 14.6. The maximum atomic E-state index is 4.42. The molecular formula is C17H24N3+. The lowest BCUT2D eigenvalue weighted by molar-refractivity contribution is -0.692. The molecule has 0 amide bonds. The second kappa shape index (κ2) is 6.04. The van der Waals surface area contributed by atoms with Gasteiger partial charge in [-0.2, -0.15) is 0 Å². The number of aromatic nitrogens is 2. The smallest absolute Gasteiger partial charge is 0.192 e. The van der Waals surface area contributed by atoms with Gasteiger partial charge >= 0.3 is 0 Å². The van der Waals surface area contributed by atoms with Gasteiger partial charge in [-0.15, -0.1) is 0 Å². The second-order valence-corrected chi connectivity index (χ2v) is 5.72. The first kappa shape index (κ1) is 14.5. The van der Waals surface area contributed by atoms with Gasteiger partial charge in [0.2, 0.25) is 0 Å². The van der Waals surface area contributed by atoms with Crippen molar-refractivity contribution >= 4 is 11.5 Å². The van der Waals surface area contributed by atoms with E-state index in [0.717, 1.165) is 24.5 Å². The molecule has 2 heterocycles. The van der Waals surface area contributed by atoms with Crippen molar-refractivity contribution < 1.29 is 4.57 Å². The average Bonchev–Trinajstić information content (AvgIpc) is 2.48. The van der Waals surface area contributed by atoms with Crippen LogP contribution < -0.4 is 9.88 Å². The standard InChI is InChI=1S/C17H24N3/c1-5-17(3,4)14-9-10-18-16(12-14)19-15-8-7-11-20(6-2)13-15/h7-13H,5-6H2,1-4H3,(H,18,19)/q+1. The van der Waals surface area contributed by atoms with Crippen LogP contribution in [-0.4, -0.2) is 4.98 Å². The molecule has 0 aliphatic heterocycles. The number of anilines is 2. The molecule has 0 unspecified atom stereocenters. The first-order chi connectivity index (χ1) is 9.55. The van der Waals surface area contributed by atoms with Gasteiger partial charge in [-0.1, -0.05) is 20.8 Å². The minimum atomic E-state index is 0.180. The maximum absolute atomic E-state index is 4.42. The van der Waals surface area contributed by atoms with Crippen molar-refractivity contribution in [2.75, 3.05) is 5.32 Å². The number of hydrogen-bond donors (Lipinski definition) is 1. The monoisotopic (exact) mass is 270 g/mol. The van der Waals surface area contributed by atoms with Crippen LogP contribution in [0.4, 0.5) is 11.5 Å². The molecule has 3 nitrogen and oxygen atoms in total. The van der Waals surface area contributed by atoms with Crippen molar-refractivity contribution in [1.82, 2.24) is 4.98 Å². The highest BCUT2D eigenvalue weighted by molar-refractivity contribution is 5.54. The van der Waals surface area contributed by atoms with Crippen LogP contribution in [0, 0.1) is 0 Å². The maximum Gasteiger partial charge on any atom is 0.192 e. The Kier molecular flexibility index (Phi) is 4.38. The normalized spacial score (nSPS) is 11.4. The molecule has 0 radical (unpaired) electrons. The fourth-order valence-corrected chi connectivity index (χ4v) is 2.06. The van der Waals surface area contributed by atoms with E-state index in [4.69, 9.17) is 0 Å². The van der Waals surface area contributed by atoms with Crippen LogP contribution in [0.5, 0.6) is 0 Å². The molecule has 106 valence electrons. The molecule has 0 aromatic carbocycles. The van der Waals surface area contributed by atoms with E-state index in [-0.39, 0.29) is 5.41 Å². The molecule has 0 fully saturated rings. The van der Waals surface area contributed by atoms with Gasteiger partial charge in [0.05, 0.1) is 0 Å². The Morgan fingerprint density at radius 2 is 2.05 bits per heavy atom. The molecule has 0 saturated carbocycles. The molecule has 2 aromatic heterocycles. The molecule has 0 bridgehead atoms. The molecule has 2 aromatic rings. The Balaban J connectivity index is 2.23. The van der Waals surface area contributed by atoms with Gasteiger partial charge in [0.15, 0.2) is 12.4 Å². The predicted molar refractivity (Wildman–Crippen MR) is 83.1 cm³/mol. The molecule has 0 saturated heterocycles. The highest BCUT2D eigenvalue weighted by atomic mass is 15.0. The number of pyridine rings is 2. The largest absolute Gasteiger partial charge is 0.335 e. The van der Waals surface area contributed by atoms with E-state index in [2.05, 4.69) is 73.2 Å². The van der Waals surface area contributed by atoms with Gasteiger partial charge in [-0.05, 0) is 42.5 Å². The summed E-state index contributed by atoms with van der Waals surface area (Å²) in [5, 5.41) is 3.38. The molecule has 0 atom stereocenters. The minimum Gasteiger partial charge on any atom is -0.335 e. The predicted octanol–water partition coefficient (Wildman–Crippen LogP) is 3.82. The fraction of sp³-hybridized carbons (Fsp3) is 0.412. The summed E-state index contributed by atoms with van der Waals surface area (Å²) in [6, 6.07) is 8.36. The Bertz CT molecular complexity index is 576. The van der Waals surface area contributed by atoms with E-state index in [9.17, 15) is 0 Å². The molecule has 1 N–H and O–H groups in total. The third kappa shape index (κ3) is 3.35. The number of rotatable bonds is 5. The van der Waals surface area contributed by atoms with Gasteiger partial charge in [0.1, 0.15) is 18.1 Å². The molecule has 0 aliphatic carbocycles. The van der Waals surface area contributed by atoms with Crippen LogP contribution >= 0.6 is 0 Å². The molecule has 3 heteroatoms. The van der Waals surface area contributed by atoms with Gasteiger partial charge < -0.3 is 5.32 Å². The Hall–Kier alpha value is -1.90. The summed E-state index contributed by atoms with van der Waals surface area (Å²) in [6.45, 7) is 9.84. The zero-order valence-electron chi connectivity index (χ0n) is 12.9. The Morgan fingerprint density at radius 3 is 2.75 bits per heavy atom. The van der Waals surface area contributed by atoms with Crippen molar-refractivity contribution in [3.63, 3.8) is 0 Å². The molecule has 20 heavy (non-hydrogen) atoms. The van der Waals surface area contributed by atoms with E-state index >= 15 is 0 Å². The third-order valence-electron chi connectivity index (χ3n) is 3.92. The van der Waals surface area contributed by atoms with Crippen molar-refractivity contribution in [1.29, 1.82) is 0 Å². The molecular weight excluding hydrogens is 246 g/mol. The van der Waals surface area contributed by atoms with E-state index in [0.29, 0.717) is 0 Å². The fourth-order valence-electron chi connectivity index (χ4n) is 2.06. The first-order valence-electron chi connectivity index (χ1n) is 7.28. The van der Waals surface area contributed by atoms with E-state index in [1.54, 1.807) is 0 Å². The van der Waals surface area contributed by atoms with Crippen LogP contribution in [-0.2, 0) is 12.0 Å². The molecule has 2 rings (SSSR count).